The highest BCUT2D eigenvalue weighted by molar-refractivity contribution is 5.94. The van der Waals surface area contributed by atoms with Gasteiger partial charge in [-0.05, 0) is 95.3 Å². The van der Waals surface area contributed by atoms with Crippen molar-refractivity contribution in [2.75, 3.05) is 19.6 Å². The Morgan fingerprint density at radius 3 is 2.49 bits per heavy atom. The molecule has 2 bridgehead atoms. The SMILES string of the molecule is CC(CNC(=O)c1ccc2c(c1)[C@@]1(C)CCN(CC3CC3)C(C2)[C@@H]1C)c1ccc(-c2ccccc2)cc1. The molecule has 1 saturated carbocycles. The zero-order valence-electron chi connectivity index (χ0n) is 22.5. The van der Waals surface area contributed by atoms with Gasteiger partial charge in [-0.25, -0.2) is 0 Å². The number of rotatable bonds is 7. The number of benzene rings is 3. The van der Waals surface area contributed by atoms with E-state index in [2.05, 4.69) is 91.7 Å². The van der Waals surface area contributed by atoms with E-state index in [0.717, 1.165) is 17.9 Å². The van der Waals surface area contributed by atoms with Crippen molar-refractivity contribution >= 4 is 5.91 Å². The van der Waals surface area contributed by atoms with Crippen LogP contribution in [0.25, 0.3) is 11.1 Å². The van der Waals surface area contributed by atoms with Crippen LogP contribution in [-0.2, 0) is 11.8 Å². The summed E-state index contributed by atoms with van der Waals surface area (Å²) in [5.74, 6) is 1.85. The van der Waals surface area contributed by atoms with Crippen molar-refractivity contribution in [1.82, 2.24) is 10.2 Å². The largest absolute Gasteiger partial charge is 0.351 e. The third-order valence-corrected chi connectivity index (χ3v) is 9.73. The highest BCUT2D eigenvalue weighted by Crippen LogP contribution is 2.49. The van der Waals surface area contributed by atoms with Gasteiger partial charge >= 0.3 is 0 Å². The molecule has 4 atom stereocenters. The first-order valence-corrected chi connectivity index (χ1v) is 14.2. The Morgan fingerprint density at radius 2 is 1.76 bits per heavy atom. The molecule has 1 amide bonds. The van der Waals surface area contributed by atoms with E-state index in [4.69, 9.17) is 0 Å². The number of carbonyl (C=O) groups is 1. The molecule has 3 aromatic rings. The van der Waals surface area contributed by atoms with Crippen LogP contribution in [0, 0.1) is 11.8 Å². The van der Waals surface area contributed by atoms with E-state index in [1.807, 2.05) is 12.1 Å². The lowest BCUT2D eigenvalue weighted by molar-refractivity contribution is 0.0284. The van der Waals surface area contributed by atoms with Crippen molar-refractivity contribution in [2.45, 2.75) is 63.8 Å². The van der Waals surface area contributed by atoms with Crippen molar-refractivity contribution in [3.8, 4) is 11.1 Å². The second-order valence-corrected chi connectivity index (χ2v) is 12.1. The summed E-state index contributed by atoms with van der Waals surface area (Å²) in [5.41, 5.74) is 7.52. The first-order chi connectivity index (χ1) is 17.9. The molecule has 3 aliphatic rings. The molecule has 2 unspecified atom stereocenters. The molecule has 0 aromatic heterocycles. The van der Waals surface area contributed by atoms with Gasteiger partial charge in [0.2, 0.25) is 0 Å². The van der Waals surface area contributed by atoms with Gasteiger partial charge in [-0.2, -0.15) is 0 Å². The molecular formula is C34H40N2O. The van der Waals surface area contributed by atoms with Crippen LogP contribution in [0.3, 0.4) is 0 Å². The molecule has 3 nitrogen and oxygen atoms in total. The number of carbonyl (C=O) groups excluding carboxylic acids is 1. The Labute approximate surface area is 222 Å². The van der Waals surface area contributed by atoms with E-state index >= 15 is 0 Å². The Morgan fingerprint density at radius 1 is 1.03 bits per heavy atom. The first kappa shape index (κ1) is 24.4. The van der Waals surface area contributed by atoms with E-state index in [-0.39, 0.29) is 17.2 Å². The number of fused-ring (bicyclic) bond motifs is 4. The fraction of sp³-hybridized carbons (Fsp3) is 0.441. The molecule has 1 aliphatic heterocycles. The molecule has 0 spiro atoms. The quantitative estimate of drug-likeness (QED) is 0.392. The molecule has 2 aliphatic carbocycles. The van der Waals surface area contributed by atoms with Gasteiger partial charge in [-0.1, -0.05) is 81.4 Å². The third-order valence-electron chi connectivity index (χ3n) is 9.73. The minimum Gasteiger partial charge on any atom is -0.351 e. The van der Waals surface area contributed by atoms with Crippen LogP contribution in [0.2, 0.25) is 0 Å². The summed E-state index contributed by atoms with van der Waals surface area (Å²) >= 11 is 0. The van der Waals surface area contributed by atoms with Gasteiger partial charge in [-0.3, -0.25) is 9.69 Å². The molecule has 3 heteroatoms. The molecule has 0 radical (unpaired) electrons. The first-order valence-electron chi connectivity index (χ1n) is 14.2. The number of likely N-dealkylation sites (tertiary alicyclic amines) is 1. The van der Waals surface area contributed by atoms with Gasteiger partial charge in [-0.15, -0.1) is 0 Å². The summed E-state index contributed by atoms with van der Waals surface area (Å²) in [5, 5.41) is 3.22. The second-order valence-electron chi connectivity index (χ2n) is 12.1. The normalized spacial score (nSPS) is 25.8. The molecule has 1 N–H and O–H groups in total. The van der Waals surface area contributed by atoms with E-state index in [0.29, 0.717) is 18.5 Å². The third kappa shape index (κ3) is 4.75. The summed E-state index contributed by atoms with van der Waals surface area (Å²) < 4.78 is 0. The number of hydrogen-bond donors (Lipinski definition) is 1. The van der Waals surface area contributed by atoms with E-state index in [1.54, 1.807) is 0 Å². The van der Waals surface area contributed by atoms with Gasteiger partial charge < -0.3 is 5.32 Å². The van der Waals surface area contributed by atoms with Crippen LogP contribution in [0.5, 0.6) is 0 Å². The van der Waals surface area contributed by atoms with Gasteiger partial charge in [0.15, 0.2) is 0 Å². The van der Waals surface area contributed by atoms with Crippen molar-refractivity contribution in [1.29, 1.82) is 0 Å². The molecule has 6 rings (SSSR count). The summed E-state index contributed by atoms with van der Waals surface area (Å²) in [6, 6.07) is 26.3. The lowest BCUT2D eigenvalue weighted by Gasteiger charge is -2.55. The average molecular weight is 493 g/mol. The predicted molar refractivity (Wildman–Crippen MR) is 152 cm³/mol. The van der Waals surface area contributed by atoms with Gasteiger partial charge in [0.1, 0.15) is 0 Å². The molecule has 37 heavy (non-hydrogen) atoms. The van der Waals surface area contributed by atoms with Crippen molar-refractivity contribution in [3.05, 3.63) is 95.1 Å². The number of nitrogens with zero attached hydrogens (tertiary/aromatic N) is 1. The second kappa shape index (κ2) is 9.76. The van der Waals surface area contributed by atoms with Crippen molar-refractivity contribution in [3.63, 3.8) is 0 Å². The van der Waals surface area contributed by atoms with Gasteiger partial charge in [0.05, 0.1) is 0 Å². The summed E-state index contributed by atoms with van der Waals surface area (Å²) in [6.45, 7) is 10.2. The van der Waals surface area contributed by atoms with Gasteiger partial charge in [0.25, 0.3) is 5.91 Å². The molecular weight excluding hydrogens is 452 g/mol. The fourth-order valence-electron chi connectivity index (χ4n) is 6.81. The predicted octanol–water partition coefficient (Wildman–Crippen LogP) is 6.82. The lowest BCUT2D eigenvalue weighted by atomic mass is 9.59. The van der Waals surface area contributed by atoms with Gasteiger partial charge in [0, 0.05) is 24.7 Å². The minimum absolute atomic E-state index is 0.0418. The average Bonchev–Trinajstić information content (AvgIpc) is 3.75. The van der Waals surface area contributed by atoms with E-state index in [9.17, 15) is 4.79 Å². The Bertz CT molecular complexity index is 1260. The van der Waals surface area contributed by atoms with Crippen molar-refractivity contribution in [2.24, 2.45) is 11.8 Å². The van der Waals surface area contributed by atoms with E-state index in [1.165, 1.54) is 60.2 Å². The molecule has 192 valence electrons. The molecule has 2 fully saturated rings. The molecule has 3 aromatic carbocycles. The maximum atomic E-state index is 13.2. The highest BCUT2D eigenvalue weighted by Gasteiger charge is 2.49. The Balaban J connectivity index is 1.12. The topological polar surface area (TPSA) is 32.3 Å². The number of nitrogens with one attached hydrogen (secondary N) is 1. The number of amides is 1. The van der Waals surface area contributed by atoms with Crippen LogP contribution in [0.4, 0.5) is 0 Å². The van der Waals surface area contributed by atoms with Crippen LogP contribution >= 0.6 is 0 Å². The number of piperidine rings is 1. The maximum absolute atomic E-state index is 13.2. The lowest BCUT2D eigenvalue weighted by Crippen LogP contribution is -2.58. The minimum atomic E-state index is 0.0418. The van der Waals surface area contributed by atoms with Crippen LogP contribution < -0.4 is 5.32 Å². The van der Waals surface area contributed by atoms with Crippen LogP contribution in [-0.4, -0.2) is 36.5 Å². The smallest absolute Gasteiger partial charge is 0.251 e. The number of hydrogen-bond acceptors (Lipinski definition) is 2. The zero-order chi connectivity index (χ0) is 25.6. The van der Waals surface area contributed by atoms with Crippen LogP contribution in [0.1, 0.15) is 73.0 Å². The zero-order valence-corrected chi connectivity index (χ0v) is 22.5. The maximum Gasteiger partial charge on any atom is 0.251 e. The van der Waals surface area contributed by atoms with Crippen molar-refractivity contribution < 1.29 is 4.79 Å². The highest BCUT2D eigenvalue weighted by atomic mass is 16.1. The Hall–Kier alpha value is -2.91. The summed E-state index contributed by atoms with van der Waals surface area (Å²) in [4.78, 5) is 16.0. The fourth-order valence-corrected chi connectivity index (χ4v) is 6.81. The van der Waals surface area contributed by atoms with E-state index < -0.39 is 0 Å². The summed E-state index contributed by atoms with van der Waals surface area (Å²) in [7, 11) is 0. The molecule has 1 heterocycles. The Kier molecular flexibility index (Phi) is 6.44. The molecule has 1 saturated heterocycles. The monoisotopic (exact) mass is 492 g/mol. The summed E-state index contributed by atoms with van der Waals surface area (Å²) in [6.07, 6.45) is 5.14. The van der Waals surface area contributed by atoms with Crippen LogP contribution in [0.15, 0.2) is 72.8 Å². The standard InChI is InChI=1S/C34H40N2O/c1-23(26-11-13-28(14-12-26)27-7-5-4-6-8-27)21-35-33(37)30-16-15-29-20-32-24(2)34(3,31(29)19-30)17-18-36(32)22-25-9-10-25/h4-8,11-16,19,23-25,32H,9-10,17-18,20-22H2,1-3H3,(H,35,37)/t23?,24-,32?,34-/m0/s1.